The predicted octanol–water partition coefficient (Wildman–Crippen LogP) is 5.25. The molecule has 1 heterocycles. The van der Waals surface area contributed by atoms with Gasteiger partial charge in [-0.1, -0.05) is 63.1 Å². The van der Waals surface area contributed by atoms with E-state index in [0.717, 1.165) is 21.1 Å². The number of carbonyl (C=O) groups is 1. The van der Waals surface area contributed by atoms with Crippen LogP contribution in [-0.2, 0) is 4.74 Å². The first-order valence-corrected chi connectivity index (χ1v) is 9.31. The van der Waals surface area contributed by atoms with Gasteiger partial charge >= 0.3 is 5.97 Å². The van der Waals surface area contributed by atoms with Crippen LogP contribution < -0.4 is 0 Å². The summed E-state index contributed by atoms with van der Waals surface area (Å²) >= 11 is 9.42. The second-order valence-corrected chi connectivity index (χ2v) is 7.19. The van der Waals surface area contributed by atoms with Gasteiger partial charge in [0.2, 0.25) is 6.23 Å². The van der Waals surface area contributed by atoms with Gasteiger partial charge in [-0.2, -0.15) is 0 Å². The Hall–Kier alpha value is -2.70. The molecule has 0 saturated heterocycles. The maximum Gasteiger partial charge on any atom is 0.340 e. The molecule has 0 aliphatic rings. The molecule has 1 atom stereocenters. The Morgan fingerprint density at radius 3 is 2.59 bits per heavy atom. The molecule has 0 spiro atoms. The van der Waals surface area contributed by atoms with E-state index < -0.39 is 12.2 Å². The molecule has 134 valence electrons. The van der Waals surface area contributed by atoms with Crippen LogP contribution in [0.3, 0.4) is 0 Å². The van der Waals surface area contributed by atoms with Gasteiger partial charge in [0.05, 0.1) is 11.1 Å². The topological polar surface area (TPSA) is 57.0 Å². The molecule has 0 fully saturated rings. The molecule has 0 N–H and O–H groups in total. The lowest BCUT2D eigenvalue weighted by Gasteiger charge is -2.19. The van der Waals surface area contributed by atoms with Gasteiger partial charge in [-0.15, -0.1) is 5.10 Å². The number of hydrogen-bond donors (Lipinski definition) is 0. The van der Waals surface area contributed by atoms with E-state index in [0.29, 0.717) is 10.6 Å². The number of ether oxygens (including phenoxy) is 1. The van der Waals surface area contributed by atoms with Crippen LogP contribution in [0.5, 0.6) is 0 Å². The van der Waals surface area contributed by atoms with Crippen molar-refractivity contribution in [2.24, 2.45) is 0 Å². The molecule has 4 aromatic rings. The summed E-state index contributed by atoms with van der Waals surface area (Å²) in [6.07, 6.45) is -0.767. The van der Waals surface area contributed by atoms with Crippen LogP contribution in [0.15, 0.2) is 77.3 Å². The van der Waals surface area contributed by atoms with E-state index in [2.05, 4.69) is 26.2 Å². The van der Waals surface area contributed by atoms with Crippen molar-refractivity contribution in [1.29, 1.82) is 0 Å². The van der Waals surface area contributed by atoms with E-state index in [1.54, 1.807) is 28.9 Å². The molecular formula is C20H13BrClN3O2. The summed E-state index contributed by atoms with van der Waals surface area (Å²) in [7, 11) is 0. The molecule has 7 heteroatoms. The van der Waals surface area contributed by atoms with Gasteiger partial charge in [-0.25, -0.2) is 9.48 Å². The Morgan fingerprint density at radius 2 is 1.81 bits per heavy atom. The number of aromatic nitrogens is 3. The van der Waals surface area contributed by atoms with E-state index in [-0.39, 0.29) is 0 Å². The third-order valence-electron chi connectivity index (χ3n) is 4.03. The minimum absolute atomic E-state index is 0.369. The normalized spacial score (nSPS) is 12.1. The van der Waals surface area contributed by atoms with Crippen LogP contribution in [0.25, 0.3) is 11.0 Å². The SMILES string of the molecule is O=C(OC(c1ccc(Br)cc1)n1nnc2ccccc21)c1cccc(Cl)c1. The fourth-order valence-corrected chi connectivity index (χ4v) is 3.19. The van der Waals surface area contributed by atoms with Gasteiger partial charge in [0, 0.05) is 15.1 Å². The molecule has 0 amide bonds. The maximum atomic E-state index is 12.7. The van der Waals surface area contributed by atoms with Crippen molar-refractivity contribution in [1.82, 2.24) is 15.0 Å². The van der Waals surface area contributed by atoms with Gasteiger partial charge in [0.15, 0.2) is 0 Å². The van der Waals surface area contributed by atoms with Crippen molar-refractivity contribution >= 4 is 44.5 Å². The summed E-state index contributed by atoms with van der Waals surface area (Å²) < 4.78 is 8.34. The Kier molecular flexibility index (Phi) is 4.92. The third-order valence-corrected chi connectivity index (χ3v) is 4.80. The first kappa shape index (κ1) is 17.7. The summed E-state index contributed by atoms with van der Waals surface area (Å²) in [5, 5.41) is 8.85. The lowest BCUT2D eigenvalue weighted by Crippen LogP contribution is -2.20. The molecule has 5 nitrogen and oxygen atoms in total. The van der Waals surface area contributed by atoms with E-state index >= 15 is 0 Å². The van der Waals surface area contributed by atoms with Crippen molar-refractivity contribution in [2.75, 3.05) is 0 Å². The lowest BCUT2D eigenvalue weighted by atomic mass is 10.2. The fourth-order valence-electron chi connectivity index (χ4n) is 2.73. The maximum absolute atomic E-state index is 12.7. The number of esters is 1. The van der Waals surface area contributed by atoms with Crippen LogP contribution in [0, 0.1) is 0 Å². The van der Waals surface area contributed by atoms with Crippen LogP contribution in [0.2, 0.25) is 5.02 Å². The number of hydrogen-bond acceptors (Lipinski definition) is 4. The van der Waals surface area contributed by atoms with Crippen LogP contribution in [0.1, 0.15) is 22.1 Å². The average Bonchev–Trinajstić information content (AvgIpc) is 3.11. The Balaban J connectivity index is 1.76. The summed E-state index contributed by atoms with van der Waals surface area (Å²) in [5.74, 6) is -0.495. The Morgan fingerprint density at radius 1 is 1.04 bits per heavy atom. The first-order chi connectivity index (χ1) is 13.1. The second-order valence-electron chi connectivity index (χ2n) is 5.84. The number of nitrogens with zero attached hydrogens (tertiary/aromatic N) is 3. The van der Waals surface area contributed by atoms with Crippen LogP contribution in [0.4, 0.5) is 0 Å². The highest BCUT2D eigenvalue weighted by molar-refractivity contribution is 9.10. The smallest absolute Gasteiger partial charge is 0.340 e. The second kappa shape index (κ2) is 7.50. The number of carbonyl (C=O) groups excluding carboxylic acids is 1. The van der Waals surface area contributed by atoms with Gasteiger partial charge < -0.3 is 4.74 Å². The summed E-state index contributed by atoms with van der Waals surface area (Å²) in [5.41, 5.74) is 2.63. The highest BCUT2D eigenvalue weighted by Gasteiger charge is 2.23. The van der Waals surface area contributed by atoms with Crippen molar-refractivity contribution in [3.05, 3.63) is 93.4 Å². The minimum Gasteiger partial charge on any atom is -0.432 e. The molecule has 0 radical (unpaired) electrons. The van der Waals surface area contributed by atoms with E-state index in [1.807, 2.05) is 48.5 Å². The first-order valence-electron chi connectivity index (χ1n) is 8.14. The van der Waals surface area contributed by atoms with Crippen molar-refractivity contribution in [2.45, 2.75) is 6.23 Å². The zero-order valence-corrected chi connectivity index (χ0v) is 16.3. The summed E-state index contributed by atoms with van der Waals surface area (Å²) in [4.78, 5) is 12.7. The fraction of sp³-hybridized carbons (Fsp3) is 0.0500. The molecule has 1 unspecified atom stereocenters. The highest BCUT2D eigenvalue weighted by atomic mass is 79.9. The molecular weight excluding hydrogens is 430 g/mol. The van der Waals surface area contributed by atoms with Crippen molar-refractivity contribution in [3.8, 4) is 0 Å². The largest absolute Gasteiger partial charge is 0.432 e. The number of rotatable bonds is 4. The minimum atomic E-state index is -0.767. The number of benzene rings is 3. The van der Waals surface area contributed by atoms with E-state index in [4.69, 9.17) is 16.3 Å². The Labute approximate surface area is 168 Å². The van der Waals surface area contributed by atoms with Gasteiger partial charge in [0.25, 0.3) is 0 Å². The molecule has 3 aromatic carbocycles. The van der Waals surface area contributed by atoms with Gasteiger partial charge in [-0.05, 0) is 42.5 Å². The molecule has 0 saturated carbocycles. The van der Waals surface area contributed by atoms with Crippen molar-refractivity contribution in [3.63, 3.8) is 0 Å². The number of fused-ring (bicyclic) bond motifs is 1. The monoisotopic (exact) mass is 441 g/mol. The molecule has 1 aromatic heterocycles. The predicted molar refractivity (Wildman–Crippen MR) is 107 cm³/mol. The average molecular weight is 443 g/mol. The van der Waals surface area contributed by atoms with Gasteiger partial charge in [-0.3, -0.25) is 0 Å². The van der Waals surface area contributed by atoms with Gasteiger partial charge in [0.1, 0.15) is 5.52 Å². The van der Waals surface area contributed by atoms with Crippen LogP contribution >= 0.6 is 27.5 Å². The number of para-hydroxylation sites is 1. The third kappa shape index (κ3) is 3.72. The Bertz CT molecular complexity index is 1110. The molecule has 4 rings (SSSR count). The van der Waals surface area contributed by atoms with Crippen LogP contribution in [-0.4, -0.2) is 21.0 Å². The summed E-state index contributed by atoms with van der Waals surface area (Å²) in [6.45, 7) is 0. The summed E-state index contributed by atoms with van der Waals surface area (Å²) in [6, 6.07) is 21.7. The zero-order chi connectivity index (χ0) is 18.8. The molecule has 0 bridgehead atoms. The standard InChI is InChI=1S/C20H13BrClN3O2/c21-15-10-8-13(9-11-15)19(25-18-7-2-1-6-17(18)23-24-25)27-20(26)14-4-3-5-16(22)12-14/h1-12,19H. The lowest BCUT2D eigenvalue weighted by molar-refractivity contribution is 0.0196. The molecule has 0 aliphatic carbocycles. The van der Waals surface area contributed by atoms with Crippen molar-refractivity contribution < 1.29 is 9.53 Å². The molecule has 0 aliphatic heterocycles. The van der Waals surface area contributed by atoms with E-state index in [9.17, 15) is 4.79 Å². The zero-order valence-electron chi connectivity index (χ0n) is 13.9. The van der Waals surface area contributed by atoms with E-state index in [1.165, 1.54) is 0 Å². The highest BCUT2D eigenvalue weighted by Crippen LogP contribution is 2.26. The quantitative estimate of drug-likeness (QED) is 0.405. The molecule has 27 heavy (non-hydrogen) atoms. The number of halogens is 2.